The highest BCUT2D eigenvalue weighted by Gasteiger charge is 2.31. The minimum Gasteiger partial charge on any atom is -0.497 e. The molecule has 2 aromatic rings. The van der Waals surface area contributed by atoms with Crippen molar-refractivity contribution in [2.45, 2.75) is 30.7 Å². The van der Waals surface area contributed by atoms with Crippen LogP contribution in [0.5, 0.6) is 17.2 Å². The molecule has 2 heterocycles. The molecule has 0 unspecified atom stereocenters. The molecule has 0 aliphatic carbocycles. The molecule has 0 bridgehead atoms. The van der Waals surface area contributed by atoms with Gasteiger partial charge in [0.25, 0.3) is 0 Å². The Hall–Kier alpha value is -2.29. The predicted molar refractivity (Wildman–Crippen MR) is 123 cm³/mol. The third-order valence-electron chi connectivity index (χ3n) is 6.58. The molecule has 1 saturated heterocycles. The molecule has 0 N–H and O–H groups in total. The summed E-state index contributed by atoms with van der Waals surface area (Å²) in [5.74, 6) is 2.70. The first-order chi connectivity index (χ1) is 15.4. The minimum absolute atomic E-state index is 0.328. The Labute approximate surface area is 190 Å². The summed E-state index contributed by atoms with van der Waals surface area (Å²) < 4.78 is 43.6. The third kappa shape index (κ3) is 4.72. The number of rotatable bonds is 7. The zero-order chi connectivity index (χ0) is 22.7. The fraction of sp³-hybridized carbons (Fsp3) is 0.500. The Kier molecular flexibility index (Phi) is 6.93. The summed E-state index contributed by atoms with van der Waals surface area (Å²) >= 11 is 0. The molecular weight excluding hydrogens is 428 g/mol. The van der Waals surface area contributed by atoms with Crippen molar-refractivity contribution in [2.24, 2.45) is 5.92 Å². The van der Waals surface area contributed by atoms with E-state index in [1.54, 1.807) is 49.9 Å². The SMILES string of the molecule is COc1ccc(S(=O)(=O)N2CCC(CN3CCc4cc(OC)c(OC)cc4C3)CC2)cc1. The lowest BCUT2D eigenvalue weighted by molar-refractivity contribution is 0.171. The minimum atomic E-state index is -3.46. The van der Waals surface area contributed by atoms with Gasteiger partial charge in [0.2, 0.25) is 10.0 Å². The van der Waals surface area contributed by atoms with E-state index in [9.17, 15) is 8.42 Å². The Morgan fingerprint density at radius 3 is 2.09 bits per heavy atom. The molecule has 2 aliphatic rings. The average molecular weight is 461 g/mol. The van der Waals surface area contributed by atoms with Gasteiger partial charge in [0, 0.05) is 32.7 Å². The number of nitrogens with zero attached hydrogens (tertiary/aromatic N) is 2. The standard InChI is InChI=1S/C24H32N2O5S/c1-29-21-4-6-22(7-5-21)32(27,28)26-12-8-18(9-13-26)16-25-11-10-19-14-23(30-2)24(31-3)15-20(19)17-25/h4-7,14-15,18H,8-13,16-17H2,1-3H3. The molecule has 174 valence electrons. The first-order valence-electron chi connectivity index (χ1n) is 11.0. The van der Waals surface area contributed by atoms with Crippen LogP contribution < -0.4 is 14.2 Å². The van der Waals surface area contributed by atoms with Crippen LogP contribution in [0.2, 0.25) is 0 Å². The molecule has 4 rings (SSSR count). The van der Waals surface area contributed by atoms with Crippen LogP contribution >= 0.6 is 0 Å². The lowest BCUT2D eigenvalue weighted by Crippen LogP contribution is -2.42. The van der Waals surface area contributed by atoms with E-state index in [0.29, 0.717) is 29.7 Å². The van der Waals surface area contributed by atoms with E-state index >= 15 is 0 Å². The number of methoxy groups -OCH3 is 3. The second-order valence-corrected chi connectivity index (χ2v) is 10.4. The van der Waals surface area contributed by atoms with Crippen LogP contribution in [0.1, 0.15) is 24.0 Å². The largest absolute Gasteiger partial charge is 0.497 e. The zero-order valence-electron chi connectivity index (χ0n) is 19.0. The molecule has 0 amide bonds. The van der Waals surface area contributed by atoms with Crippen molar-refractivity contribution in [3.05, 3.63) is 47.5 Å². The molecule has 0 atom stereocenters. The highest BCUT2D eigenvalue weighted by Crippen LogP contribution is 2.34. The van der Waals surface area contributed by atoms with E-state index in [0.717, 1.165) is 50.4 Å². The molecule has 7 nitrogen and oxygen atoms in total. The number of ether oxygens (including phenoxy) is 3. The van der Waals surface area contributed by atoms with Gasteiger partial charge in [-0.05, 0) is 72.7 Å². The van der Waals surface area contributed by atoms with Gasteiger partial charge in [-0.1, -0.05) is 0 Å². The fourth-order valence-corrected chi connectivity index (χ4v) is 6.16. The quantitative estimate of drug-likeness (QED) is 0.632. The van der Waals surface area contributed by atoms with Crippen molar-refractivity contribution in [2.75, 3.05) is 47.5 Å². The van der Waals surface area contributed by atoms with Crippen molar-refractivity contribution in [3.8, 4) is 17.2 Å². The molecule has 0 spiro atoms. The first kappa shape index (κ1) is 22.9. The highest BCUT2D eigenvalue weighted by atomic mass is 32.2. The predicted octanol–water partition coefficient (Wildman–Crippen LogP) is 3.17. The van der Waals surface area contributed by atoms with Gasteiger partial charge in [-0.15, -0.1) is 0 Å². The lowest BCUT2D eigenvalue weighted by atomic mass is 9.94. The third-order valence-corrected chi connectivity index (χ3v) is 8.50. The molecule has 8 heteroatoms. The van der Waals surface area contributed by atoms with Crippen LogP contribution in [-0.2, 0) is 23.0 Å². The fourth-order valence-electron chi connectivity index (χ4n) is 4.69. The Morgan fingerprint density at radius 2 is 1.50 bits per heavy atom. The summed E-state index contributed by atoms with van der Waals surface area (Å²) in [5, 5.41) is 0. The first-order valence-corrected chi connectivity index (χ1v) is 12.5. The molecule has 0 saturated carbocycles. The van der Waals surface area contributed by atoms with Gasteiger partial charge < -0.3 is 14.2 Å². The number of hydrogen-bond donors (Lipinski definition) is 0. The molecule has 32 heavy (non-hydrogen) atoms. The second kappa shape index (κ2) is 9.68. The summed E-state index contributed by atoms with van der Waals surface area (Å²) in [4.78, 5) is 2.81. The Balaban J connectivity index is 1.34. The van der Waals surface area contributed by atoms with Crippen molar-refractivity contribution in [1.82, 2.24) is 9.21 Å². The summed E-state index contributed by atoms with van der Waals surface area (Å²) in [6.07, 6.45) is 2.75. The summed E-state index contributed by atoms with van der Waals surface area (Å²) in [5.41, 5.74) is 2.60. The van der Waals surface area contributed by atoms with Crippen molar-refractivity contribution in [1.29, 1.82) is 0 Å². The molecule has 0 aromatic heterocycles. The van der Waals surface area contributed by atoms with Crippen LogP contribution in [0.3, 0.4) is 0 Å². The van der Waals surface area contributed by atoms with Gasteiger partial charge in [0.15, 0.2) is 11.5 Å². The molecule has 2 aliphatic heterocycles. The number of sulfonamides is 1. The molecular formula is C24H32N2O5S. The van der Waals surface area contributed by atoms with E-state index in [-0.39, 0.29) is 0 Å². The van der Waals surface area contributed by atoms with Gasteiger partial charge in [-0.3, -0.25) is 4.90 Å². The van der Waals surface area contributed by atoms with Crippen LogP contribution in [0.15, 0.2) is 41.3 Å². The Bertz CT molecular complexity index is 1030. The second-order valence-electron chi connectivity index (χ2n) is 8.48. The monoisotopic (exact) mass is 460 g/mol. The maximum Gasteiger partial charge on any atom is 0.243 e. The van der Waals surface area contributed by atoms with E-state index in [1.807, 2.05) is 0 Å². The van der Waals surface area contributed by atoms with E-state index < -0.39 is 10.0 Å². The van der Waals surface area contributed by atoms with Crippen molar-refractivity contribution >= 4 is 10.0 Å². The number of fused-ring (bicyclic) bond motifs is 1. The normalized spacial score (nSPS) is 18.2. The topological polar surface area (TPSA) is 68.3 Å². The van der Waals surface area contributed by atoms with Gasteiger partial charge in [0.05, 0.1) is 26.2 Å². The van der Waals surface area contributed by atoms with Gasteiger partial charge >= 0.3 is 0 Å². The smallest absolute Gasteiger partial charge is 0.243 e. The molecule has 1 fully saturated rings. The maximum absolute atomic E-state index is 13.0. The van der Waals surface area contributed by atoms with E-state index in [1.165, 1.54) is 11.1 Å². The van der Waals surface area contributed by atoms with E-state index in [4.69, 9.17) is 14.2 Å². The van der Waals surface area contributed by atoms with Gasteiger partial charge in [-0.2, -0.15) is 4.31 Å². The maximum atomic E-state index is 13.0. The van der Waals surface area contributed by atoms with Gasteiger partial charge in [0.1, 0.15) is 5.75 Å². The zero-order valence-corrected chi connectivity index (χ0v) is 19.9. The van der Waals surface area contributed by atoms with E-state index in [2.05, 4.69) is 17.0 Å². The average Bonchev–Trinajstić information content (AvgIpc) is 2.83. The van der Waals surface area contributed by atoms with Crippen molar-refractivity contribution < 1.29 is 22.6 Å². The molecule has 2 aromatic carbocycles. The molecule has 0 radical (unpaired) electrons. The van der Waals surface area contributed by atoms with Crippen LogP contribution in [-0.4, -0.2) is 65.1 Å². The summed E-state index contributed by atoms with van der Waals surface area (Å²) in [6, 6.07) is 10.8. The van der Waals surface area contributed by atoms with Gasteiger partial charge in [-0.25, -0.2) is 8.42 Å². The lowest BCUT2D eigenvalue weighted by Gasteiger charge is -2.36. The Morgan fingerprint density at radius 1 is 0.875 bits per heavy atom. The van der Waals surface area contributed by atoms with Crippen LogP contribution in [0, 0.1) is 5.92 Å². The summed E-state index contributed by atoms with van der Waals surface area (Å²) in [6.45, 7) is 4.01. The highest BCUT2D eigenvalue weighted by molar-refractivity contribution is 7.89. The van der Waals surface area contributed by atoms with Crippen molar-refractivity contribution in [3.63, 3.8) is 0 Å². The van der Waals surface area contributed by atoms with Crippen LogP contribution in [0.4, 0.5) is 0 Å². The summed E-state index contributed by atoms with van der Waals surface area (Å²) in [7, 11) is 1.45. The van der Waals surface area contributed by atoms with Crippen LogP contribution in [0.25, 0.3) is 0 Å². The number of benzene rings is 2. The number of piperidine rings is 1. The number of hydrogen-bond acceptors (Lipinski definition) is 6.